The average molecular weight is 476 g/mol. The number of benzene rings is 2. The summed E-state index contributed by atoms with van der Waals surface area (Å²) in [5, 5.41) is 15.1. The number of ether oxygens (including phenoxy) is 2. The second kappa shape index (κ2) is 9.96. The number of carboxylic acid groups (broad SMARTS) is 1. The number of aromatic nitrogens is 2. The number of allylic oxidation sites excluding steroid dienone is 3. The summed E-state index contributed by atoms with van der Waals surface area (Å²) in [6.45, 7) is 7.03. The summed E-state index contributed by atoms with van der Waals surface area (Å²) in [5.74, 6) is 0.544. The van der Waals surface area contributed by atoms with Crippen LogP contribution in [-0.4, -0.2) is 34.5 Å². The summed E-state index contributed by atoms with van der Waals surface area (Å²) < 4.78 is 13.9. The van der Waals surface area contributed by atoms with Crippen LogP contribution in [0.5, 0.6) is 5.75 Å². The molecule has 3 N–H and O–H groups in total. The van der Waals surface area contributed by atoms with Crippen molar-refractivity contribution < 1.29 is 19.4 Å². The van der Waals surface area contributed by atoms with Crippen LogP contribution < -0.4 is 10.5 Å². The Kier molecular flexibility index (Phi) is 6.98. The van der Waals surface area contributed by atoms with Crippen LogP contribution in [0.3, 0.4) is 0 Å². The molecule has 0 spiro atoms. The van der Waals surface area contributed by atoms with Gasteiger partial charge < -0.3 is 20.3 Å². The quantitative estimate of drug-likeness (QED) is 0.446. The third-order valence-electron chi connectivity index (χ3n) is 6.56. The molecule has 1 unspecified atom stereocenters. The van der Waals surface area contributed by atoms with E-state index >= 15 is 0 Å². The Hall–Kier alpha value is -3.58. The van der Waals surface area contributed by atoms with Gasteiger partial charge in [-0.1, -0.05) is 43.3 Å². The van der Waals surface area contributed by atoms with Gasteiger partial charge in [-0.05, 0) is 44.0 Å². The zero-order chi connectivity index (χ0) is 25.2. The second-order valence-electron chi connectivity index (χ2n) is 9.50. The SMILES string of the molecule is COC1=C(c2ccc3c(c2)c(COc2ccccc2CC(=O)O)nn3C(C)C)C=CCC1(C)CN. The van der Waals surface area contributed by atoms with E-state index in [-0.39, 0.29) is 24.5 Å². The normalized spacial score (nSPS) is 17.9. The van der Waals surface area contributed by atoms with Gasteiger partial charge in [-0.3, -0.25) is 9.48 Å². The predicted octanol–water partition coefficient (Wildman–Crippen LogP) is 5.11. The molecule has 4 rings (SSSR count). The molecule has 1 heterocycles. The predicted molar refractivity (Wildman–Crippen MR) is 137 cm³/mol. The molecule has 0 amide bonds. The Balaban J connectivity index is 1.76. The number of aliphatic carboxylic acids is 1. The van der Waals surface area contributed by atoms with Gasteiger partial charge in [0.05, 0.1) is 19.0 Å². The highest BCUT2D eigenvalue weighted by atomic mass is 16.5. The summed E-state index contributed by atoms with van der Waals surface area (Å²) >= 11 is 0. The van der Waals surface area contributed by atoms with E-state index in [0.717, 1.165) is 39.9 Å². The summed E-state index contributed by atoms with van der Waals surface area (Å²) in [6.07, 6.45) is 4.98. The van der Waals surface area contributed by atoms with Crippen molar-refractivity contribution in [2.45, 2.75) is 46.3 Å². The Bertz CT molecular complexity index is 1300. The summed E-state index contributed by atoms with van der Waals surface area (Å²) in [7, 11) is 1.70. The van der Waals surface area contributed by atoms with Gasteiger partial charge in [0.2, 0.25) is 0 Å². The highest BCUT2D eigenvalue weighted by molar-refractivity contribution is 5.89. The fourth-order valence-corrected chi connectivity index (χ4v) is 4.66. The van der Waals surface area contributed by atoms with E-state index < -0.39 is 5.97 Å². The van der Waals surface area contributed by atoms with Crippen LogP contribution in [0.4, 0.5) is 0 Å². The molecule has 0 fully saturated rings. The molecule has 7 nitrogen and oxygen atoms in total. The lowest BCUT2D eigenvalue weighted by Gasteiger charge is -2.33. The Morgan fingerprint density at radius 3 is 2.71 bits per heavy atom. The van der Waals surface area contributed by atoms with Crippen LogP contribution in [0.2, 0.25) is 0 Å². The number of carbonyl (C=O) groups is 1. The first-order chi connectivity index (χ1) is 16.8. The van der Waals surface area contributed by atoms with Crippen molar-refractivity contribution in [1.29, 1.82) is 0 Å². The monoisotopic (exact) mass is 475 g/mol. The number of para-hydroxylation sites is 1. The summed E-state index contributed by atoms with van der Waals surface area (Å²) in [6, 6.07) is 13.7. The second-order valence-corrected chi connectivity index (χ2v) is 9.50. The van der Waals surface area contributed by atoms with Crippen LogP contribution in [0.15, 0.2) is 60.4 Å². The molecular weight excluding hydrogens is 442 g/mol. The minimum Gasteiger partial charge on any atom is -0.500 e. The lowest BCUT2D eigenvalue weighted by molar-refractivity contribution is -0.136. The van der Waals surface area contributed by atoms with E-state index in [9.17, 15) is 9.90 Å². The minimum atomic E-state index is -0.896. The molecule has 0 radical (unpaired) electrons. The van der Waals surface area contributed by atoms with Gasteiger partial charge >= 0.3 is 5.97 Å². The summed E-state index contributed by atoms with van der Waals surface area (Å²) in [5.41, 5.74) is 10.4. The van der Waals surface area contributed by atoms with Gasteiger partial charge in [0.1, 0.15) is 23.8 Å². The van der Waals surface area contributed by atoms with Gasteiger partial charge in [0.15, 0.2) is 0 Å². The Morgan fingerprint density at radius 1 is 1.26 bits per heavy atom. The van der Waals surface area contributed by atoms with Crippen molar-refractivity contribution in [3.05, 3.63) is 77.2 Å². The third-order valence-corrected chi connectivity index (χ3v) is 6.56. The molecule has 2 aromatic carbocycles. The van der Waals surface area contributed by atoms with Gasteiger partial charge in [-0.15, -0.1) is 0 Å². The molecule has 1 aliphatic rings. The van der Waals surface area contributed by atoms with Crippen molar-refractivity contribution in [2.75, 3.05) is 13.7 Å². The van der Waals surface area contributed by atoms with Gasteiger partial charge in [-0.25, -0.2) is 0 Å². The third kappa shape index (κ3) is 4.82. The number of hydrogen-bond acceptors (Lipinski definition) is 5. The number of nitrogens with two attached hydrogens (primary N) is 1. The maximum Gasteiger partial charge on any atom is 0.307 e. The molecule has 184 valence electrons. The number of fused-ring (bicyclic) bond motifs is 1. The zero-order valence-electron chi connectivity index (χ0n) is 20.7. The molecule has 1 aliphatic carbocycles. The van der Waals surface area contributed by atoms with Crippen molar-refractivity contribution in [3.8, 4) is 5.75 Å². The average Bonchev–Trinajstić information content (AvgIpc) is 3.21. The fourth-order valence-electron chi connectivity index (χ4n) is 4.66. The van der Waals surface area contributed by atoms with E-state index in [4.69, 9.17) is 20.3 Å². The first-order valence-electron chi connectivity index (χ1n) is 11.9. The minimum absolute atomic E-state index is 0.0955. The molecular formula is C28H33N3O4. The van der Waals surface area contributed by atoms with Crippen molar-refractivity contribution in [3.63, 3.8) is 0 Å². The van der Waals surface area contributed by atoms with E-state index in [0.29, 0.717) is 17.9 Å². The molecule has 1 aromatic heterocycles. The topological polar surface area (TPSA) is 99.6 Å². The van der Waals surface area contributed by atoms with Crippen LogP contribution in [0.25, 0.3) is 16.5 Å². The van der Waals surface area contributed by atoms with Gasteiger partial charge in [-0.2, -0.15) is 5.10 Å². The van der Waals surface area contributed by atoms with Crippen molar-refractivity contribution in [2.24, 2.45) is 11.1 Å². The Labute approximate surface area is 205 Å². The summed E-state index contributed by atoms with van der Waals surface area (Å²) in [4.78, 5) is 11.3. The highest BCUT2D eigenvalue weighted by Gasteiger charge is 2.33. The van der Waals surface area contributed by atoms with E-state index in [1.807, 2.05) is 16.8 Å². The van der Waals surface area contributed by atoms with Crippen LogP contribution in [0.1, 0.15) is 50.1 Å². The first-order valence-corrected chi connectivity index (χ1v) is 11.9. The van der Waals surface area contributed by atoms with E-state index in [1.165, 1.54) is 0 Å². The smallest absolute Gasteiger partial charge is 0.307 e. The van der Waals surface area contributed by atoms with E-state index in [2.05, 4.69) is 51.1 Å². The molecule has 7 heteroatoms. The van der Waals surface area contributed by atoms with Gasteiger partial charge in [0.25, 0.3) is 0 Å². The molecule has 35 heavy (non-hydrogen) atoms. The fraction of sp³-hybridized carbons (Fsp3) is 0.357. The largest absolute Gasteiger partial charge is 0.500 e. The van der Waals surface area contributed by atoms with E-state index in [1.54, 1.807) is 19.2 Å². The van der Waals surface area contributed by atoms with Gasteiger partial charge in [0, 0.05) is 34.5 Å². The molecule has 1 atom stereocenters. The molecule has 0 aliphatic heterocycles. The van der Waals surface area contributed by atoms with Crippen LogP contribution >= 0.6 is 0 Å². The molecule has 3 aromatic rings. The van der Waals surface area contributed by atoms with Crippen molar-refractivity contribution >= 4 is 22.4 Å². The molecule has 0 saturated carbocycles. The number of hydrogen-bond donors (Lipinski definition) is 2. The number of methoxy groups -OCH3 is 1. The first kappa shape index (κ1) is 24.5. The number of carboxylic acids is 1. The highest BCUT2D eigenvalue weighted by Crippen LogP contribution is 2.41. The standard InChI is InChI=1S/C28H33N3O4/c1-18(2)31-24-12-11-19(21-9-7-13-28(3,17-29)27(21)34-4)14-22(24)23(30-31)16-35-25-10-6-5-8-20(25)15-26(32)33/h5-12,14,18H,13,15-17,29H2,1-4H3,(H,32,33). The zero-order valence-corrected chi connectivity index (χ0v) is 20.7. The molecule has 0 saturated heterocycles. The Morgan fingerprint density at radius 2 is 2.03 bits per heavy atom. The maximum atomic E-state index is 11.3. The molecule has 0 bridgehead atoms. The lowest BCUT2D eigenvalue weighted by Crippen LogP contribution is -2.31. The van der Waals surface area contributed by atoms with Crippen molar-refractivity contribution in [1.82, 2.24) is 9.78 Å². The maximum absolute atomic E-state index is 11.3. The number of rotatable bonds is 9. The lowest BCUT2D eigenvalue weighted by atomic mass is 9.78. The number of nitrogens with zero attached hydrogens (tertiary/aromatic N) is 2. The van der Waals surface area contributed by atoms with Crippen LogP contribution in [0, 0.1) is 5.41 Å². The van der Waals surface area contributed by atoms with Crippen LogP contribution in [-0.2, 0) is 22.6 Å².